The fourth-order valence-electron chi connectivity index (χ4n) is 3.67. The lowest BCUT2D eigenvalue weighted by Gasteiger charge is -2.31. The second-order valence-electron chi connectivity index (χ2n) is 7.07. The van der Waals surface area contributed by atoms with Crippen molar-refractivity contribution in [1.29, 1.82) is 0 Å². The number of halogens is 1. The molecule has 0 amide bonds. The second kappa shape index (κ2) is 7.65. The highest BCUT2D eigenvalue weighted by Crippen LogP contribution is 2.34. The molecule has 1 aliphatic rings. The number of nitrogens with two attached hydrogens (primary N) is 1. The number of piperidine rings is 1. The molecular formula is C20H23FN6O2. The zero-order valence-corrected chi connectivity index (χ0v) is 16.4. The minimum Gasteiger partial charge on any atom is -0.466 e. The van der Waals surface area contributed by atoms with Gasteiger partial charge in [-0.2, -0.15) is 10.1 Å². The molecule has 9 heteroatoms. The summed E-state index contributed by atoms with van der Waals surface area (Å²) in [5.74, 6) is 0.171. The van der Waals surface area contributed by atoms with Gasteiger partial charge in [0.2, 0.25) is 5.95 Å². The maximum Gasteiger partial charge on any atom is 0.309 e. The number of nitrogen functional groups attached to an aromatic ring is 1. The number of carbonyl (C=O) groups excluding carboxylic acids is 1. The van der Waals surface area contributed by atoms with E-state index in [0.29, 0.717) is 66.6 Å². The molecule has 0 saturated carbocycles. The van der Waals surface area contributed by atoms with Crippen molar-refractivity contribution < 1.29 is 13.9 Å². The van der Waals surface area contributed by atoms with Crippen LogP contribution in [0.15, 0.2) is 24.3 Å². The molecule has 0 spiro atoms. The van der Waals surface area contributed by atoms with E-state index in [9.17, 15) is 9.18 Å². The fraction of sp³-hybridized carbons (Fsp3) is 0.400. The van der Waals surface area contributed by atoms with Gasteiger partial charge in [0.15, 0.2) is 5.65 Å². The quantitative estimate of drug-likeness (QED) is 0.674. The van der Waals surface area contributed by atoms with Gasteiger partial charge in [-0.3, -0.25) is 9.48 Å². The van der Waals surface area contributed by atoms with E-state index in [2.05, 4.69) is 15.1 Å². The van der Waals surface area contributed by atoms with E-state index in [0.717, 1.165) is 0 Å². The van der Waals surface area contributed by atoms with Crippen molar-refractivity contribution in [2.45, 2.75) is 19.8 Å². The van der Waals surface area contributed by atoms with Crippen LogP contribution in [0.1, 0.15) is 19.8 Å². The van der Waals surface area contributed by atoms with E-state index in [1.165, 1.54) is 10.7 Å². The Bertz CT molecular complexity index is 1060. The number of aromatic nitrogens is 4. The molecule has 1 aromatic carbocycles. The number of aryl methyl sites for hydroxylation is 1. The van der Waals surface area contributed by atoms with E-state index in [-0.39, 0.29) is 17.7 Å². The van der Waals surface area contributed by atoms with Crippen LogP contribution < -0.4 is 10.6 Å². The predicted octanol–water partition coefficient (Wildman–Crippen LogP) is 2.53. The number of hydrogen-bond acceptors (Lipinski definition) is 7. The Kier molecular flexibility index (Phi) is 5.04. The first-order valence-electron chi connectivity index (χ1n) is 9.66. The van der Waals surface area contributed by atoms with E-state index < -0.39 is 0 Å². The van der Waals surface area contributed by atoms with Crippen molar-refractivity contribution in [1.82, 2.24) is 19.7 Å². The van der Waals surface area contributed by atoms with Gasteiger partial charge >= 0.3 is 5.97 Å². The zero-order valence-electron chi connectivity index (χ0n) is 16.4. The number of benzene rings is 1. The van der Waals surface area contributed by atoms with Gasteiger partial charge in [0.05, 0.1) is 23.6 Å². The van der Waals surface area contributed by atoms with Gasteiger partial charge in [-0.25, -0.2) is 9.37 Å². The van der Waals surface area contributed by atoms with Crippen LogP contribution in [0.5, 0.6) is 0 Å². The molecule has 0 radical (unpaired) electrons. The molecule has 3 aromatic rings. The number of carbonyl (C=O) groups is 1. The van der Waals surface area contributed by atoms with Crippen LogP contribution in [-0.4, -0.2) is 45.4 Å². The van der Waals surface area contributed by atoms with Crippen molar-refractivity contribution in [3.05, 3.63) is 30.1 Å². The minimum atomic E-state index is -0.386. The molecule has 0 aliphatic carbocycles. The Hall–Kier alpha value is -3.23. The molecule has 1 aliphatic heterocycles. The third-order valence-electron chi connectivity index (χ3n) is 5.25. The van der Waals surface area contributed by atoms with E-state index >= 15 is 0 Å². The number of esters is 1. The fourth-order valence-corrected chi connectivity index (χ4v) is 3.67. The molecule has 0 atom stereocenters. The van der Waals surface area contributed by atoms with Crippen molar-refractivity contribution in [3.8, 4) is 11.3 Å². The lowest BCUT2D eigenvalue weighted by Crippen LogP contribution is -2.38. The van der Waals surface area contributed by atoms with Gasteiger partial charge in [0, 0.05) is 25.7 Å². The minimum absolute atomic E-state index is 0.119. The molecular weight excluding hydrogens is 375 g/mol. The van der Waals surface area contributed by atoms with Gasteiger partial charge in [-0.15, -0.1) is 0 Å². The number of fused-ring (bicyclic) bond motifs is 1. The smallest absolute Gasteiger partial charge is 0.309 e. The highest BCUT2D eigenvalue weighted by molar-refractivity contribution is 5.99. The third kappa shape index (κ3) is 3.48. The topological polar surface area (TPSA) is 99.2 Å². The molecule has 3 heterocycles. The Balaban J connectivity index is 1.72. The Morgan fingerprint density at radius 2 is 2.00 bits per heavy atom. The van der Waals surface area contributed by atoms with Crippen LogP contribution in [0.3, 0.4) is 0 Å². The van der Waals surface area contributed by atoms with Gasteiger partial charge < -0.3 is 15.4 Å². The SMILES string of the molecule is CCOC(=O)C1CCN(c2nc(-c3ccccc3F)c3c(N)n(C)nc3n2)CC1. The van der Waals surface area contributed by atoms with Crippen molar-refractivity contribution >= 4 is 28.8 Å². The van der Waals surface area contributed by atoms with Crippen LogP contribution in [0.4, 0.5) is 16.2 Å². The maximum atomic E-state index is 14.5. The van der Waals surface area contributed by atoms with Crippen molar-refractivity contribution in [2.75, 3.05) is 30.3 Å². The standard InChI is InChI=1S/C20H23FN6O2/c1-3-29-19(28)12-8-10-27(11-9-12)20-23-16(13-6-4-5-7-14(13)21)15-17(22)26(2)25-18(15)24-20/h4-7,12H,3,8-11,22H2,1-2H3. The van der Waals surface area contributed by atoms with Crippen molar-refractivity contribution in [2.24, 2.45) is 13.0 Å². The molecule has 29 heavy (non-hydrogen) atoms. The van der Waals surface area contributed by atoms with Gasteiger partial charge in [0.1, 0.15) is 11.6 Å². The molecule has 2 N–H and O–H groups in total. The first-order valence-corrected chi connectivity index (χ1v) is 9.66. The molecule has 8 nitrogen and oxygen atoms in total. The molecule has 1 saturated heterocycles. The number of nitrogens with zero attached hydrogens (tertiary/aromatic N) is 5. The molecule has 1 fully saturated rings. The number of anilines is 2. The number of ether oxygens (including phenoxy) is 1. The zero-order chi connectivity index (χ0) is 20.5. The first kappa shape index (κ1) is 19.1. The molecule has 0 bridgehead atoms. The van der Waals surface area contributed by atoms with Crippen LogP contribution in [0, 0.1) is 11.7 Å². The molecule has 2 aromatic heterocycles. The van der Waals surface area contributed by atoms with Crippen LogP contribution >= 0.6 is 0 Å². The van der Waals surface area contributed by atoms with Crippen LogP contribution in [-0.2, 0) is 16.6 Å². The largest absolute Gasteiger partial charge is 0.466 e. The maximum absolute atomic E-state index is 14.5. The van der Waals surface area contributed by atoms with E-state index in [4.69, 9.17) is 10.5 Å². The highest BCUT2D eigenvalue weighted by Gasteiger charge is 2.28. The number of hydrogen-bond donors (Lipinski definition) is 1. The molecule has 0 unspecified atom stereocenters. The highest BCUT2D eigenvalue weighted by atomic mass is 19.1. The Morgan fingerprint density at radius 1 is 1.28 bits per heavy atom. The average molecular weight is 398 g/mol. The normalized spacial score (nSPS) is 15.1. The Labute approximate surface area is 167 Å². The lowest BCUT2D eigenvalue weighted by atomic mass is 9.97. The summed E-state index contributed by atoms with van der Waals surface area (Å²) in [6.07, 6.45) is 1.30. The van der Waals surface area contributed by atoms with Gasteiger partial charge in [0.25, 0.3) is 0 Å². The summed E-state index contributed by atoms with van der Waals surface area (Å²) in [6, 6.07) is 6.44. The Morgan fingerprint density at radius 3 is 2.69 bits per heavy atom. The van der Waals surface area contributed by atoms with Crippen molar-refractivity contribution in [3.63, 3.8) is 0 Å². The summed E-state index contributed by atoms with van der Waals surface area (Å²) >= 11 is 0. The second-order valence-corrected chi connectivity index (χ2v) is 7.07. The summed E-state index contributed by atoms with van der Waals surface area (Å²) < 4.78 is 21.2. The summed E-state index contributed by atoms with van der Waals surface area (Å²) in [5.41, 5.74) is 7.35. The summed E-state index contributed by atoms with van der Waals surface area (Å²) in [6.45, 7) is 3.40. The van der Waals surface area contributed by atoms with Crippen LogP contribution in [0.25, 0.3) is 22.3 Å². The third-order valence-corrected chi connectivity index (χ3v) is 5.25. The summed E-state index contributed by atoms with van der Waals surface area (Å²) in [4.78, 5) is 23.2. The summed E-state index contributed by atoms with van der Waals surface area (Å²) in [5, 5.41) is 4.90. The van der Waals surface area contributed by atoms with E-state index in [1.807, 2.05) is 4.90 Å². The predicted molar refractivity (Wildman–Crippen MR) is 108 cm³/mol. The molecule has 152 valence electrons. The van der Waals surface area contributed by atoms with Crippen LogP contribution in [0.2, 0.25) is 0 Å². The van der Waals surface area contributed by atoms with Gasteiger partial charge in [-0.1, -0.05) is 12.1 Å². The van der Waals surface area contributed by atoms with E-state index in [1.54, 1.807) is 32.2 Å². The average Bonchev–Trinajstić information content (AvgIpc) is 3.02. The lowest BCUT2D eigenvalue weighted by molar-refractivity contribution is -0.148. The monoisotopic (exact) mass is 398 g/mol. The molecule has 4 rings (SSSR count). The summed E-state index contributed by atoms with van der Waals surface area (Å²) in [7, 11) is 1.71. The van der Waals surface area contributed by atoms with Gasteiger partial charge in [-0.05, 0) is 31.9 Å². The number of rotatable bonds is 4. The first-order chi connectivity index (χ1) is 14.0.